The molecule has 36 heavy (non-hydrogen) atoms. The number of nitrogen functional groups attached to an aromatic ring is 1. The Kier molecular flexibility index (Phi) is 7.63. The standard InChI is InChI=1S/C26H37N7O3/c1-2-31-19(13-16-7-8-17(24(28)29)14-22(16)31)10-9-18-5-3-11-32(18)26(36)21-6-4-12-33(21)23(34)15-20(27)25(30)35/h7-8,13-14,18,20-21H,2-6,9-12,15,27H2,1H3,(H3,28,29)(H2,30,35)/t18-,20-,21+/m0/s1. The molecule has 7 N–H and O–H groups in total. The highest BCUT2D eigenvalue weighted by molar-refractivity contribution is 5.98. The van der Waals surface area contributed by atoms with E-state index in [1.165, 1.54) is 5.69 Å². The van der Waals surface area contributed by atoms with Gasteiger partial charge in [0.15, 0.2) is 0 Å². The molecule has 3 amide bonds. The summed E-state index contributed by atoms with van der Waals surface area (Å²) in [6, 6.07) is 6.61. The molecule has 2 fully saturated rings. The molecule has 2 aromatic rings. The zero-order valence-corrected chi connectivity index (χ0v) is 20.9. The van der Waals surface area contributed by atoms with Crippen molar-refractivity contribution < 1.29 is 14.4 Å². The molecule has 10 heteroatoms. The minimum Gasteiger partial charge on any atom is -0.384 e. The lowest BCUT2D eigenvalue weighted by Crippen LogP contribution is -2.51. The van der Waals surface area contributed by atoms with Gasteiger partial charge < -0.3 is 31.6 Å². The molecular weight excluding hydrogens is 458 g/mol. The Hall–Kier alpha value is -3.40. The van der Waals surface area contributed by atoms with E-state index in [-0.39, 0.29) is 30.1 Å². The molecule has 0 saturated carbocycles. The fourth-order valence-electron chi connectivity index (χ4n) is 5.72. The zero-order chi connectivity index (χ0) is 26.0. The molecule has 4 rings (SSSR count). The van der Waals surface area contributed by atoms with E-state index < -0.39 is 18.0 Å². The third kappa shape index (κ3) is 5.09. The normalized spacial score (nSPS) is 20.7. The van der Waals surface area contributed by atoms with Crippen LogP contribution in [-0.2, 0) is 27.3 Å². The number of amides is 3. The number of likely N-dealkylation sites (tertiary alicyclic amines) is 2. The fraction of sp³-hybridized carbons (Fsp3) is 0.538. The third-order valence-corrected chi connectivity index (χ3v) is 7.63. The third-order valence-electron chi connectivity index (χ3n) is 7.63. The van der Waals surface area contributed by atoms with E-state index in [1.807, 2.05) is 23.1 Å². The van der Waals surface area contributed by atoms with Gasteiger partial charge in [0.1, 0.15) is 11.9 Å². The number of benzene rings is 1. The number of carbonyl (C=O) groups excluding carboxylic acids is 3. The quantitative estimate of drug-likeness (QED) is 0.301. The summed E-state index contributed by atoms with van der Waals surface area (Å²) in [4.78, 5) is 41.1. The highest BCUT2D eigenvalue weighted by Gasteiger charge is 2.40. The summed E-state index contributed by atoms with van der Waals surface area (Å²) in [5, 5.41) is 8.86. The summed E-state index contributed by atoms with van der Waals surface area (Å²) in [5.41, 5.74) is 19.6. The van der Waals surface area contributed by atoms with Gasteiger partial charge in [-0.15, -0.1) is 0 Å². The molecule has 10 nitrogen and oxygen atoms in total. The lowest BCUT2D eigenvalue weighted by molar-refractivity contribution is -0.145. The van der Waals surface area contributed by atoms with Crippen LogP contribution in [0.2, 0.25) is 0 Å². The van der Waals surface area contributed by atoms with E-state index in [0.29, 0.717) is 25.1 Å². The van der Waals surface area contributed by atoms with Gasteiger partial charge in [0.05, 0.1) is 12.5 Å². The van der Waals surface area contributed by atoms with Crippen molar-refractivity contribution in [3.05, 3.63) is 35.5 Å². The summed E-state index contributed by atoms with van der Waals surface area (Å²) in [7, 11) is 0. The summed E-state index contributed by atoms with van der Waals surface area (Å²) in [6.07, 6.45) is 4.77. The van der Waals surface area contributed by atoms with Gasteiger partial charge in [-0.3, -0.25) is 19.8 Å². The second-order valence-corrected chi connectivity index (χ2v) is 9.89. The SMILES string of the molecule is CCn1c(CC[C@@H]2CCCN2C(=O)[C@H]2CCCN2C(=O)C[C@H](N)C(N)=O)cc2ccc(C(=N)N)cc21. The molecule has 194 valence electrons. The van der Waals surface area contributed by atoms with Crippen molar-refractivity contribution in [1.29, 1.82) is 5.41 Å². The van der Waals surface area contributed by atoms with E-state index in [2.05, 4.69) is 17.6 Å². The van der Waals surface area contributed by atoms with Gasteiger partial charge in [-0.25, -0.2) is 0 Å². The van der Waals surface area contributed by atoms with Gasteiger partial charge >= 0.3 is 0 Å². The number of hydrogen-bond acceptors (Lipinski definition) is 5. The van der Waals surface area contributed by atoms with Crippen LogP contribution in [0.1, 0.15) is 56.7 Å². The number of primary amides is 1. The van der Waals surface area contributed by atoms with Crippen molar-refractivity contribution >= 4 is 34.5 Å². The predicted octanol–water partition coefficient (Wildman–Crippen LogP) is 1.06. The first-order valence-electron chi connectivity index (χ1n) is 12.8. The Balaban J connectivity index is 1.45. The number of rotatable bonds is 9. The molecule has 1 aromatic heterocycles. The Bertz CT molecular complexity index is 1170. The van der Waals surface area contributed by atoms with Crippen molar-refractivity contribution in [2.24, 2.45) is 17.2 Å². The summed E-state index contributed by atoms with van der Waals surface area (Å²) < 4.78 is 2.25. The number of nitrogens with one attached hydrogen (secondary N) is 1. The Morgan fingerprint density at radius 3 is 2.50 bits per heavy atom. The van der Waals surface area contributed by atoms with Crippen molar-refractivity contribution in [1.82, 2.24) is 14.4 Å². The first-order valence-corrected chi connectivity index (χ1v) is 12.8. The van der Waals surface area contributed by atoms with Crippen LogP contribution in [-0.4, -0.2) is 69.1 Å². The smallest absolute Gasteiger partial charge is 0.245 e. The largest absolute Gasteiger partial charge is 0.384 e. The molecule has 2 aliphatic rings. The maximum absolute atomic E-state index is 13.5. The number of amidine groups is 1. The van der Waals surface area contributed by atoms with Crippen molar-refractivity contribution in [2.75, 3.05) is 13.1 Å². The van der Waals surface area contributed by atoms with Crippen molar-refractivity contribution in [3.8, 4) is 0 Å². The van der Waals surface area contributed by atoms with Crippen LogP contribution in [0.25, 0.3) is 10.9 Å². The minimum absolute atomic E-state index is 0.00173. The molecule has 2 aliphatic heterocycles. The molecule has 3 heterocycles. The number of aromatic nitrogens is 1. The highest BCUT2D eigenvalue weighted by atomic mass is 16.2. The van der Waals surface area contributed by atoms with E-state index in [1.54, 1.807) is 4.90 Å². The number of nitrogens with zero attached hydrogens (tertiary/aromatic N) is 3. The molecule has 0 bridgehead atoms. The van der Waals surface area contributed by atoms with E-state index in [9.17, 15) is 14.4 Å². The van der Waals surface area contributed by atoms with Crippen LogP contribution < -0.4 is 17.2 Å². The fourth-order valence-corrected chi connectivity index (χ4v) is 5.72. The van der Waals surface area contributed by atoms with Crippen LogP contribution in [0, 0.1) is 5.41 Å². The number of fused-ring (bicyclic) bond motifs is 1. The molecular formula is C26H37N7O3. The lowest BCUT2D eigenvalue weighted by Gasteiger charge is -2.32. The Labute approximate surface area is 211 Å². The Morgan fingerprint density at radius 2 is 1.81 bits per heavy atom. The minimum atomic E-state index is -1.04. The molecule has 0 aliphatic carbocycles. The molecule has 1 aromatic carbocycles. The first-order chi connectivity index (χ1) is 17.2. The number of carbonyl (C=O) groups is 3. The van der Waals surface area contributed by atoms with Crippen LogP contribution in [0.5, 0.6) is 0 Å². The van der Waals surface area contributed by atoms with E-state index in [4.69, 9.17) is 22.6 Å². The molecule has 2 saturated heterocycles. The van der Waals surface area contributed by atoms with Gasteiger partial charge in [-0.1, -0.05) is 12.1 Å². The Morgan fingerprint density at radius 1 is 1.08 bits per heavy atom. The first kappa shape index (κ1) is 25.7. The molecule has 0 spiro atoms. The summed E-state index contributed by atoms with van der Waals surface area (Å²) in [5.74, 6) is -0.950. The second kappa shape index (κ2) is 10.7. The van der Waals surface area contributed by atoms with Gasteiger partial charge in [0, 0.05) is 42.5 Å². The number of aryl methyl sites for hydroxylation is 2. The monoisotopic (exact) mass is 495 g/mol. The summed E-state index contributed by atoms with van der Waals surface area (Å²) >= 11 is 0. The average Bonchev–Trinajstić information content (AvgIpc) is 3.59. The van der Waals surface area contributed by atoms with Crippen LogP contribution in [0.4, 0.5) is 0 Å². The molecule has 3 atom stereocenters. The topological polar surface area (TPSA) is 165 Å². The predicted molar refractivity (Wildman–Crippen MR) is 138 cm³/mol. The van der Waals surface area contributed by atoms with Gasteiger partial charge in [0.25, 0.3) is 0 Å². The molecule has 0 unspecified atom stereocenters. The number of nitrogens with two attached hydrogens (primary N) is 3. The summed E-state index contributed by atoms with van der Waals surface area (Å²) in [6.45, 7) is 4.10. The highest BCUT2D eigenvalue weighted by Crippen LogP contribution is 2.29. The zero-order valence-electron chi connectivity index (χ0n) is 20.9. The van der Waals surface area contributed by atoms with Crippen molar-refractivity contribution in [3.63, 3.8) is 0 Å². The average molecular weight is 496 g/mol. The molecule has 0 radical (unpaired) electrons. The van der Waals surface area contributed by atoms with Crippen LogP contribution in [0.3, 0.4) is 0 Å². The van der Waals surface area contributed by atoms with E-state index in [0.717, 1.165) is 49.6 Å². The maximum atomic E-state index is 13.5. The number of hydrogen-bond donors (Lipinski definition) is 4. The van der Waals surface area contributed by atoms with Crippen molar-refractivity contribution in [2.45, 2.75) is 76.5 Å². The van der Waals surface area contributed by atoms with Crippen LogP contribution >= 0.6 is 0 Å². The lowest BCUT2D eigenvalue weighted by atomic mass is 10.1. The maximum Gasteiger partial charge on any atom is 0.245 e. The van der Waals surface area contributed by atoms with Gasteiger partial charge in [-0.05, 0) is 63.0 Å². The second-order valence-electron chi connectivity index (χ2n) is 9.89. The van der Waals surface area contributed by atoms with Gasteiger partial charge in [-0.2, -0.15) is 0 Å². The van der Waals surface area contributed by atoms with Crippen LogP contribution in [0.15, 0.2) is 24.3 Å². The van der Waals surface area contributed by atoms with E-state index >= 15 is 0 Å². The van der Waals surface area contributed by atoms with Gasteiger partial charge in [0.2, 0.25) is 17.7 Å².